The van der Waals surface area contributed by atoms with Gasteiger partial charge in [-0.05, 0) is 118 Å². The van der Waals surface area contributed by atoms with Crippen LogP contribution in [0.3, 0.4) is 0 Å². The fraction of sp³-hybridized carbons (Fsp3) is 0.553. The molecule has 0 atom stereocenters. The van der Waals surface area contributed by atoms with Gasteiger partial charge < -0.3 is 19.7 Å². The van der Waals surface area contributed by atoms with Crippen molar-refractivity contribution < 1.29 is 19.1 Å². The summed E-state index contributed by atoms with van der Waals surface area (Å²) < 4.78 is 10.7. The van der Waals surface area contributed by atoms with E-state index in [1.165, 1.54) is 33.9 Å². The molecule has 46 heavy (non-hydrogen) atoms. The number of carbonyl (C=O) groups is 2. The number of carbonyl (C=O) groups excluding carboxylic acids is 2. The molecule has 8 heteroatoms. The second kappa shape index (κ2) is 13.9. The number of amides is 2. The van der Waals surface area contributed by atoms with E-state index in [0.29, 0.717) is 31.0 Å². The zero-order chi connectivity index (χ0) is 31.6. The van der Waals surface area contributed by atoms with Crippen molar-refractivity contribution in [3.05, 3.63) is 64.8 Å². The number of ether oxygens (including phenoxy) is 2. The summed E-state index contributed by atoms with van der Waals surface area (Å²) in [7, 11) is 1.73. The van der Waals surface area contributed by atoms with Crippen molar-refractivity contribution in [3.63, 3.8) is 0 Å². The maximum absolute atomic E-state index is 14.4. The Labute approximate surface area is 277 Å². The minimum Gasteiger partial charge on any atom is -0.496 e. The van der Waals surface area contributed by atoms with Gasteiger partial charge in [0.05, 0.1) is 36.1 Å². The second-order valence-corrected chi connectivity index (χ2v) is 15.1. The van der Waals surface area contributed by atoms with Gasteiger partial charge in [0.25, 0.3) is 0 Å². The first kappa shape index (κ1) is 31.4. The van der Waals surface area contributed by atoms with E-state index in [4.69, 9.17) is 14.5 Å². The van der Waals surface area contributed by atoms with Crippen LogP contribution in [0, 0.1) is 24.7 Å². The summed E-state index contributed by atoms with van der Waals surface area (Å²) in [6.45, 7) is 3.93. The lowest BCUT2D eigenvalue weighted by atomic mass is 9.78. The van der Waals surface area contributed by atoms with Crippen molar-refractivity contribution in [1.82, 2.24) is 10.3 Å². The van der Waals surface area contributed by atoms with E-state index in [1.807, 2.05) is 6.20 Å². The molecule has 2 aromatic carbocycles. The average molecular weight is 642 g/mol. The Bertz CT molecular complexity index is 1530. The Morgan fingerprint density at radius 2 is 1.70 bits per heavy atom. The molecule has 2 amide bonds. The van der Waals surface area contributed by atoms with Crippen LogP contribution >= 0.6 is 11.3 Å². The molecule has 4 aliphatic rings. The molecule has 1 saturated heterocycles. The average Bonchev–Trinajstić information content (AvgIpc) is 3.79. The number of thiazole rings is 1. The van der Waals surface area contributed by atoms with Crippen molar-refractivity contribution >= 4 is 28.8 Å². The summed E-state index contributed by atoms with van der Waals surface area (Å²) in [5, 5.41) is 4.46. The van der Waals surface area contributed by atoms with Gasteiger partial charge in [-0.1, -0.05) is 24.3 Å². The summed E-state index contributed by atoms with van der Waals surface area (Å²) in [4.78, 5) is 34.9. The van der Waals surface area contributed by atoms with Crippen LogP contribution in [0.4, 0.5) is 5.69 Å². The first-order chi connectivity index (χ1) is 22.4. The highest BCUT2D eigenvalue weighted by Gasteiger charge is 2.35. The lowest BCUT2D eigenvalue weighted by Crippen LogP contribution is -2.48. The molecular formula is C38H47N3O4S. The molecule has 3 aliphatic carbocycles. The molecule has 2 heterocycles. The summed E-state index contributed by atoms with van der Waals surface area (Å²) in [5.41, 5.74) is 4.73. The molecule has 244 valence electrons. The zero-order valence-electron chi connectivity index (χ0n) is 27.2. The van der Waals surface area contributed by atoms with Gasteiger partial charge in [-0.3, -0.25) is 9.59 Å². The fourth-order valence-electron chi connectivity index (χ4n) is 7.59. The molecule has 3 saturated carbocycles. The van der Waals surface area contributed by atoms with Crippen molar-refractivity contribution in [2.45, 2.75) is 89.0 Å². The second-order valence-electron chi connectivity index (χ2n) is 14.1. The molecule has 1 N–H and O–H groups in total. The monoisotopic (exact) mass is 641 g/mol. The van der Waals surface area contributed by atoms with Gasteiger partial charge in [0.2, 0.25) is 11.8 Å². The van der Waals surface area contributed by atoms with E-state index in [2.05, 4.69) is 59.6 Å². The van der Waals surface area contributed by atoms with Crippen molar-refractivity contribution in [1.29, 1.82) is 0 Å². The lowest BCUT2D eigenvalue weighted by Gasteiger charge is -2.37. The van der Waals surface area contributed by atoms with Crippen LogP contribution in [0.25, 0.3) is 10.4 Å². The number of benzene rings is 2. The molecule has 1 aliphatic heterocycles. The third-order valence-electron chi connectivity index (χ3n) is 10.8. The minimum absolute atomic E-state index is 0.00939. The molecular weight excluding hydrogens is 595 g/mol. The molecule has 0 unspecified atom stereocenters. The molecule has 4 fully saturated rings. The maximum atomic E-state index is 14.4. The lowest BCUT2D eigenvalue weighted by molar-refractivity contribution is -0.139. The smallest absolute Gasteiger partial charge is 0.230 e. The summed E-state index contributed by atoms with van der Waals surface area (Å²) >= 11 is 1.80. The van der Waals surface area contributed by atoms with E-state index in [9.17, 15) is 9.59 Å². The third kappa shape index (κ3) is 7.03. The molecule has 7 nitrogen and oxygen atoms in total. The summed E-state index contributed by atoms with van der Waals surface area (Å²) in [5.74, 6) is 2.92. The van der Waals surface area contributed by atoms with E-state index in [1.54, 1.807) is 18.4 Å². The summed E-state index contributed by atoms with van der Waals surface area (Å²) in [6.07, 6.45) is 12.3. The highest BCUT2D eigenvalue weighted by molar-refractivity contribution is 7.15. The van der Waals surface area contributed by atoms with Crippen LogP contribution in [0.2, 0.25) is 0 Å². The zero-order valence-corrected chi connectivity index (χ0v) is 28.0. The molecule has 7 rings (SSSR count). The number of aryl methyl sites for hydroxylation is 1. The van der Waals surface area contributed by atoms with Gasteiger partial charge in [-0.2, -0.15) is 0 Å². The van der Waals surface area contributed by atoms with Crippen LogP contribution in [-0.4, -0.2) is 49.7 Å². The highest BCUT2D eigenvalue weighted by Crippen LogP contribution is 2.44. The van der Waals surface area contributed by atoms with E-state index >= 15 is 0 Å². The van der Waals surface area contributed by atoms with Crippen LogP contribution in [-0.2, 0) is 14.3 Å². The molecule has 3 aromatic rings. The first-order valence-corrected chi connectivity index (χ1v) is 18.2. The van der Waals surface area contributed by atoms with Crippen molar-refractivity contribution in [3.8, 4) is 16.2 Å². The van der Waals surface area contributed by atoms with E-state index < -0.39 is 0 Å². The molecule has 0 spiro atoms. The molecule has 1 aromatic heterocycles. The van der Waals surface area contributed by atoms with Gasteiger partial charge in [0.1, 0.15) is 5.75 Å². The minimum atomic E-state index is -0.0210. The standard InChI is InChI=1S/C38H47N3O4S/c1-24-18-29(14-17-34(24)44-2)26-8-6-25(7-9-26)21-41(33-5-3-4-30(19-33)35-20-39-37(46-35)27-10-11-27)38(43)28-12-15-32(16-13-28)40-36(42)31-22-45-23-31/h3-5,14,17-20,25-28,31-32H,6-13,15-16,21-23H2,1-2H3,(H,40,42). The summed E-state index contributed by atoms with van der Waals surface area (Å²) in [6, 6.07) is 15.3. The highest BCUT2D eigenvalue weighted by atomic mass is 32.1. The first-order valence-electron chi connectivity index (χ1n) is 17.4. The Balaban J connectivity index is 1.05. The predicted molar refractivity (Wildman–Crippen MR) is 183 cm³/mol. The number of aromatic nitrogens is 1. The van der Waals surface area contributed by atoms with Crippen LogP contribution in [0.1, 0.15) is 92.2 Å². The van der Waals surface area contributed by atoms with Crippen molar-refractivity contribution in [2.75, 3.05) is 31.8 Å². The van der Waals surface area contributed by atoms with Crippen molar-refractivity contribution in [2.24, 2.45) is 17.8 Å². The van der Waals surface area contributed by atoms with E-state index in [0.717, 1.165) is 74.9 Å². The number of rotatable bonds is 10. The maximum Gasteiger partial charge on any atom is 0.230 e. The quantitative estimate of drug-likeness (QED) is 0.246. The van der Waals surface area contributed by atoms with Crippen LogP contribution < -0.4 is 15.0 Å². The Morgan fingerprint density at radius 1 is 0.935 bits per heavy atom. The SMILES string of the molecule is COc1ccc(C2CCC(CN(C(=O)C3CCC(NC(=O)C4COC4)CC3)c3cccc(-c4cnc(C5CC5)s4)c3)CC2)cc1C. The largest absolute Gasteiger partial charge is 0.496 e. The normalized spacial score (nSPS) is 25.0. The number of hydrogen-bond acceptors (Lipinski definition) is 6. The Morgan fingerprint density at radius 3 is 2.37 bits per heavy atom. The molecule has 0 radical (unpaired) electrons. The Kier molecular flexibility index (Phi) is 9.45. The topological polar surface area (TPSA) is 80.8 Å². The van der Waals surface area contributed by atoms with Gasteiger partial charge in [0, 0.05) is 36.3 Å². The molecule has 0 bridgehead atoms. The number of hydrogen-bond donors (Lipinski definition) is 1. The number of nitrogens with one attached hydrogen (secondary N) is 1. The Hall–Kier alpha value is -3.23. The van der Waals surface area contributed by atoms with Gasteiger partial charge in [-0.25, -0.2) is 4.98 Å². The number of anilines is 1. The number of nitrogens with zero attached hydrogens (tertiary/aromatic N) is 2. The van der Waals surface area contributed by atoms with Gasteiger partial charge in [0.15, 0.2) is 0 Å². The fourth-order valence-corrected chi connectivity index (χ4v) is 8.68. The predicted octanol–water partition coefficient (Wildman–Crippen LogP) is 7.63. The third-order valence-corrected chi connectivity index (χ3v) is 12.0. The van der Waals surface area contributed by atoms with E-state index in [-0.39, 0.29) is 29.7 Å². The van der Waals surface area contributed by atoms with Gasteiger partial charge >= 0.3 is 0 Å². The van der Waals surface area contributed by atoms with Crippen LogP contribution in [0.15, 0.2) is 48.7 Å². The number of methoxy groups -OCH3 is 1. The van der Waals surface area contributed by atoms with Crippen LogP contribution in [0.5, 0.6) is 5.75 Å². The van der Waals surface area contributed by atoms with Gasteiger partial charge in [-0.15, -0.1) is 11.3 Å².